The maximum absolute atomic E-state index is 12.6. The van der Waals surface area contributed by atoms with Crippen LogP contribution in [0.2, 0.25) is 0 Å². The molecule has 0 saturated heterocycles. The first-order chi connectivity index (χ1) is 7.39. The second-order valence-corrected chi connectivity index (χ2v) is 3.80. The zero-order chi connectivity index (χ0) is 11.9. The van der Waals surface area contributed by atoms with Crippen LogP contribution in [-0.2, 0) is 11.3 Å². The van der Waals surface area contributed by atoms with Crippen LogP contribution in [0.25, 0.3) is 0 Å². The summed E-state index contributed by atoms with van der Waals surface area (Å²) in [5, 5.41) is 8.87. The first kappa shape index (κ1) is 13.8. The minimum Gasteiger partial charge on any atom is -0.481 e. The Labute approximate surface area is 101 Å². The number of carboxylic acid groups (broad SMARTS) is 1. The van der Waals surface area contributed by atoms with E-state index in [0.29, 0.717) is 0 Å². The van der Waals surface area contributed by atoms with Crippen LogP contribution in [0.4, 0.5) is 13.2 Å². The molecular weight excluding hydrogens is 261 g/mol. The molecule has 96 valence electrons. The third-order valence-electron chi connectivity index (χ3n) is 2.76. The van der Waals surface area contributed by atoms with E-state index < -0.39 is 30.4 Å². The van der Waals surface area contributed by atoms with Gasteiger partial charge in [0.15, 0.2) is 0 Å². The van der Waals surface area contributed by atoms with Gasteiger partial charge in [0.05, 0.1) is 5.92 Å². The lowest BCUT2D eigenvalue weighted by molar-refractivity contribution is -0.185. The highest BCUT2D eigenvalue weighted by Gasteiger charge is 2.46. The molecule has 0 spiro atoms. The van der Waals surface area contributed by atoms with Gasteiger partial charge < -0.3 is 9.67 Å². The number of fused-ring (bicyclic) bond motifs is 1. The number of rotatable bonds is 1. The second kappa shape index (κ2) is 4.56. The molecule has 1 aliphatic heterocycles. The highest BCUT2D eigenvalue weighted by atomic mass is 35.5. The van der Waals surface area contributed by atoms with E-state index in [1.165, 1.54) is 17.0 Å². The molecule has 0 aliphatic carbocycles. The van der Waals surface area contributed by atoms with Crippen molar-refractivity contribution in [3.8, 4) is 0 Å². The molecule has 1 aromatic heterocycles. The Morgan fingerprint density at radius 2 is 2.18 bits per heavy atom. The molecule has 0 amide bonds. The van der Waals surface area contributed by atoms with E-state index in [1.807, 2.05) is 0 Å². The Morgan fingerprint density at radius 1 is 1.53 bits per heavy atom. The van der Waals surface area contributed by atoms with E-state index in [2.05, 4.69) is 4.98 Å². The first-order valence-electron chi connectivity index (χ1n) is 4.70. The number of hydrogen-bond donors (Lipinski definition) is 1. The summed E-state index contributed by atoms with van der Waals surface area (Å²) in [4.78, 5) is 14.7. The minimum absolute atomic E-state index is 0. The zero-order valence-corrected chi connectivity index (χ0v) is 9.33. The van der Waals surface area contributed by atoms with Gasteiger partial charge in [0.1, 0.15) is 11.7 Å². The van der Waals surface area contributed by atoms with E-state index in [1.54, 1.807) is 0 Å². The van der Waals surface area contributed by atoms with Crippen molar-refractivity contribution in [1.29, 1.82) is 0 Å². The van der Waals surface area contributed by atoms with Crippen LogP contribution in [0.5, 0.6) is 0 Å². The predicted octanol–water partition coefficient (Wildman–Crippen LogP) is 2.06. The van der Waals surface area contributed by atoms with Crippen molar-refractivity contribution in [2.45, 2.75) is 25.1 Å². The fraction of sp³-hybridized carbons (Fsp3) is 0.556. The summed E-state index contributed by atoms with van der Waals surface area (Å²) in [6.45, 7) is -0.247. The molecule has 0 radical (unpaired) electrons. The van der Waals surface area contributed by atoms with Crippen molar-refractivity contribution in [1.82, 2.24) is 9.55 Å². The van der Waals surface area contributed by atoms with Crippen molar-refractivity contribution in [3.63, 3.8) is 0 Å². The van der Waals surface area contributed by atoms with Crippen molar-refractivity contribution in [2.24, 2.45) is 5.92 Å². The number of aliphatic carboxylic acids is 1. The monoisotopic (exact) mass is 270 g/mol. The van der Waals surface area contributed by atoms with Gasteiger partial charge in [-0.1, -0.05) is 0 Å². The highest BCUT2D eigenvalue weighted by molar-refractivity contribution is 5.85. The van der Waals surface area contributed by atoms with Crippen molar-refractivity contribution in [2.75, 3.05) is 0 Å². The molecule has 0 fully saturated rings. The summed E-state index contributed by atoms with van der Waals surface area (Å²) in [6, 6.07) is 0. The largest absolute Gasteiger partial charge is 0.481 e. The molecule has 2 heterocycles. The van der Waals surface area contributed by atoms with Crippen LogP contribution in [0, 0.1) is 5.92 Å². The zero-order valence-electron chi connectivity index (χ0n) is 8.52. The van der Waals surface area contributed by atoms with Crippen molar-refractivity contribution in [3.05, 3.63) is 18.2 Å². The second-order valence-electron chi connectivity index (χ2n) is 3.80. The summed E-state index contributed by atoms with van der Waals surface area (Å²) in [7, 11) is 0. The van der Waals surface area contributed by atoms with Crippen molar-refractivity contribution < 1.29 is 23.1 Å². The Balaban J connectivity index is 0.00000144. The number of aromatic nitrogens is 2. The molecule has 17 heavy (non-hydrogen) atoms. The Bertz CT molecular complexity index is 419. The van der Waals surface area contributed by atoms with Gasteiger partial charge in [-0.05, 0) is 6.42 Å². The summed E-state index contributed by atoms with van der Waals surface area (Å²) >= 11 is 0. The van der Waals surface area contributed by atoms with E-state index in [0.717, 1.165) is 0 Å². The molecule has 1 aliphatic rings. The van der Waals surface area contributed by atoms with Crippen LogP contribution in [0.3, 0.4) is 0 Å². The van der Waals surface area contributed by atoms with E-state index in [-0.39, 0.29) is 24.8 Å². The quantitative estimate of drug-likeness (QED) is 0.850. The third-order valence-corrected chi connectivity index (χ3v) is 2.76. The summed E-state index contributed by atoms with van der Waals surface area (Å²) < 4.78 is 38.9. The molecule has 0 bridgehead atoms. The number of alkyl halides is 3. The van der Waals surface area contributed by atoms with Crippen LogP contribution in [0.15, 0.2) is 12.4 Å². The highest BCUT2D eigenvalue weighted by Crippen LogP contribution is 2.39. The van der Waals surface area contributed by atoms with Gasteiger partial charge in [-0.2, -0.15) is 13.2 Å². The van der Waals surface area contributed by atoms with E-state index >= 15 is 0 Å². The lowest BCUT2D eigenvalue weighted by atomic mass is 9.90. The van der Waals surface area contributed by atoms with Crippen LogP contribution < -0.4 is 0 Å². The maximum Gasteiger partial charge on any atom is 0.393 e. The van der Waals surface area contributed by atoms with Gasteiger partial charge >= 0.3 is 12.1 Å². The third kappa shape index (κ3) is 2.54. The molecule has 2 rings (SSSR count). The number of imidazole rings is 1. The molecular formula is C9H10ClF3N2O2. The van der Waals surface area contributed by atoms with Crippen LogP contribution in [0.1, 0.15) is 18.2 Å². The van der Waals surface area contributed by atoms with Gasteiger partial charge in [0.25, 0.3) is 0 Å². The Hall–Kier alpha value is -1.24. The normalized spacial score (nSPS) is 23.7. The predicted molar refractivity (Wildman–Crippen MR) is 54.0 cm³/mol. The smallest absolute Gasteiger partial charge is 0.393 e. The number of carbonyl (C=O) groups is 1. The summed E-state index contributed by atoms with van der Waals surface area (Å²) in [5.41, 5.74) is 0. The maximum atomic E-state index is 12.6. The van der Waals surface area contributed by atoms with Gasteiger partial charge in [-0.3, -0.25) is 4.79 Å². The summed E-state index contributed by atoms with van der Waals surface area (Å²) in [5.74, 6) is -3.85. The standard InChI is InChI=1S/C9H9F3N2O2.ClH/c10-9(11,12)5-3-6(8(15)16)7-13-1-2-14(7)4-5;/h1-2,5-6H,3-4H2,(H,15,16);1H. The molecule has 8 heteroatoms. The van der Waals surface area contributed by atoms with Crippen molar-refractivity contribution >= 4 is 18.4 Å². The molecule has 2 unspecified atom stereocenters. The lowest BCUT2D eigenvalue weighted by Gasteiger charge is -2.29. The number of carboxylic acids is 1. The van der Waals surface area contributed by atoms with Crippen LogP contribution >= 0.6 is 12.4 Å². The molecule has 0 aromatic carbocycles. The average molecular weight is 271 g/mol. The van der Waals surface area contributed by atoms with Gasteiger partial charge in [-0.15, -0.1) is 12.4 Å². The molecule has 0 saturated carbocycles. The number of halogens is 4. The SMILES string of the molecule is Cl.O=C(O)C1CC(C(F)(F)F)Cn2ccnc21. The van der Waals surface area contributed by atoms with Crippen LogP contribution in [-0.4, -0.2) is 26.8 Å². The fourth-order valence-corrected chi connectivity index (χ4v) is 1.94. The van der Waals surface area contributed by atoms with E-state index in [4.69, 9.17) is 5.11 Å². The number of nitrogens with zero attached hydrogens (tertiary/aromatic N) is 2. The first-order valence-corrected chi connectivity index (χ1v) is 4.70. The van der Waals surface area contributed by atoms with Gasteiger partial charge in [0.2, 0.25) is 0 Å². The molecule has 1 aromatic rings. The average Bonchev–Trinajstić information content (AvgIpc) is 2.61. The lowest BCUT2D eigenvalue weighted by Crippen LogP contribution is -2.36. The summed E-state index contributed by atoms with van der Waals surface area (Å²) in [6.07, 6.45) is -2.10. The fourth-order valence-electron chi connectivity index (χ4n) is 1.94. The minimum atomic E-state index is -4.37. The Morgan fingerprint density at radius 3 is 2.71 bits per heavy atom. The molecule has 1 N–H and O–H groups in total. The molecule has 4 nitrogen and oxygen atoms in total. The topological polar surface area (TPSA) is 55.1 Å². The Kier molecular flexibility index (Phi) is 3.71. The molecule has 2 atom stereocenters. The van der Waals surface area contributed by atoms with Gasteiger partial charge in [-0.25, -0.2) is 4.98 Å². The number of hydrogen-bond acceptors (Lipinski definition) is 2. The van der Waals surface area contributed by atoms with Gasteiger partial charge in [0, 0.05) is 18.9 Å². The van der Waals surface area contributed by atoms with E-state index in [9.17, 15) is 18.0 Å².